The van der Waals surface area contributed by atoms with Crippen LogP contribution < -0.4 is 5.32 Å². The number of amides is 1. The van der Waals surface area contributed by atoms with Crippen LogP contribution in [0.5, 0.6) is 0 Å². The molecule has 1 aliphatic heterocycles. The minimum atomic E-state index is 0.160. The molecule has 22 heavy (non-hydrogen) atoms. The zero-order valence-electron chi connectivity index (χ0n) is 12.5. The van der Waals surface area contributed by atoms with Crippen LogP contribution in [0.1, 0.15) is 22.5 Å². The van der Waals surface area contributed by atoms with Crippen molar-refractivity contribution in [1.29, 1.82) is 0 Å². The van der Waals surface area contributed by atoms with Crippen molar-refractivity contribution >= 4 is 33.2 Å². The molecule has 1 amide bonds. The zero-order valence-corrected chi connectivity index (χ0v) is 14.9. The maximum atomic E-state index is 12.7. The van der Waals surface area contributed by atoms with Crippen molar-refractivity contribution in [1.82, 2.24) is 10.2 Å². The summed E-state index contributed by atoms with van der Waals surface area (Å²) in [6, 6.07) is 12.6. The summed E-state index contributed by atoms with van der Waals surface area (Å²) in [6.45, 7) is 1.67. The second kappa shape index (κ2) is 6.94. The number of likely N-dealkylation sites (N-methyl/N-ethyl adjacent to an activating group) is 1. The van der Waals surface area contributed by atoms with E-state index in [0.717, 1.165) is 45.7 Å². The molecule has 2 aromatic rings. The third kappa shape index (κ3) is 3.42. The summed E-state index contributed by atoms with van der Waals surface area (Å²) >= 11 is 5.02. The van der Waals surface area contributed by atoms with Gasteiger partial charge in [-0.2, -0.15) is 0 Å². The Labute approximate surface area is 143 Å². The van der Waals surface area contributed by atoms with Gasteiger partial charge in [-0.15, -0.1) is 11.3 Å². The van der Waals surface area contributed by atoms with Gasteiger partial charge in [-0.25, -0.2) is 0 Å². The Balaban J connectivity index is 1.75. The maximum absolute atomic E-state index is 12.7. The molecule has 0 bridgehead atoms. The van der Waals surface area contributed by atoms with E-state index in [4.69, 9.17) is 0 Å². The molecule has 1 N–H and O–H groups in total. The molecule has 0 aliphatic carbocycles. The van der Waals surface area contributed by atoms with Gasteiger partial charge in [0.2, 0.25) is 0 Å². The molecule has 3 rings (SSSR count). The Morgan fingerprint density at radius 2 is 2.05 bits per heavy atom. The molecule has 1 aromatic carbocycles. The van der Waals surface area contributed by atoms with Gasteiger partial charge >= 0.3 is 0 Å². The molecule has 0 spiro atoms. The van der Waals surface area contributed by atoms with Crippen LogP contribution in [0.4, 0.5) is 0 Å². The number of carbonyl (C=O) groups is 1. The predicted octanol–water partition coefficient (Wildman–Crippen LogP) is 4.00. The molecule has 1 atom stereocenters. The molecule has 1 fully saturated rings. The van der Waals surface area contributed by atoms with Crippen molar-refractivity contribution in [2.45, 2.75) is 18.9 Å². The Morgan fingerprint density at radius 3 is 2.77 bits per heavy atom. The Bertz CT molecular complexity index is 653. The molecule has 1 saturated heterocycles. The first kappa shape index (κ1) is 15.7. The number of nitrogens with zero attached hydrogens (tertiary/aromatic N) is 1. The van der Waals surface area contributed by atoms with Gasteiger partial charge in [0.15, 0.2) is 0 Å². The fourth-order valence-electron chi connectivity index (χ4n) is 2.78. The van der Waals surface area contributed by atoms with Crippen LogP contribution in [0.3, 0.4) is 0 Å². The summed E-state index contributed by atoms with van der Waals surface area (Å²) in [5, 5.41) is 3.28. The zero-order chi connectivity index (χ0) is 15.5. The van der Waals surface area contributed by atoms with Crippen LogP contribution in [-0.4, -0.2) is 37.0 Å². The van der Waals surface area contributed by atoms with Gasteiger partial charge in [0, 0.05) is 28.5 Å². The van der Waals surface area contributed by atoms with Gasteiger partial charge in [0.05, 0.1) is 4.88 Å². The lowest BCUT2D eigenvalue weighted by atomic mass is 10.1. The number of carbonyl (C=O) groups excluding carboxylic acids is 1. The van der Waals surface area contributed by atoms with Crippen molar-refractivity contribution in [2.75, 3.05) is 20.1 Å². The van der Waals surface area contributed by atoms with E-state index in [-0.39, 0.29) is 5.91 Å². The van der Waals surface area contributed by atoms with Gasteiger partial charge in [-0.1, -0.05) is 28.1 Å². The first-order valence-electron chi connectivity index (χ1n) is 7.49. The largest absolute Gasteiger partial charge is 0.336 e. The number of nitrogens with one attached hydrogen (secondary N) is 1. The van der Waals surface area contributed by atoms with E-state index in [1.54, 1.807) is 11.3 Å². The van der Waals surface area contributed by atoms with E-state index in [1.165, 1.54) is 0 Å². The van der Waals surface area contributed by atoms with E-state index >= 15 is 0 Å². The molecule has 0 radical (unpaired) electrons. The van der Waals surface area contributed by atoms with Gasteiger partial charge in [0.1, 0.15) is 0 Å². The van der Waals surface area contributed by atoms with E-state index in [2.05, 4.69) is 33.4 Å². The summed E-state index contributed by atoms with van der Waals surface area (Å²) in [7, 11) is 1.97. The minimum absolute atomic E-state index is 0.160. The van der Waals surface area contributed by atoms with Crippen LogP contribution in [-0.2, 0) is 0 Å². The normalized spacial score (nSPS) is 18.5. The van der Waals surface area contributed by atoms with Crippen molar-refractivity contribution in [3.63, 3.8) is 0 Å². The summed E-state index contributed by atoms with van der Waals surface area (Å²) in [6.07, 6.45) is 2.22. The first-order valence-corrected chi connectivity index (χ1v) is 9.10. The SMILES string of the molecule is CNC1CCCN(C(=O)c2ccc(-c3ccc(Br)cc3)s2)C1. The molecule has 3 nitrogen and oxygen atoms in total. The van der Waals surface area contributed by atoms with E-state index < -0.39 is 0 Å². The standard InChI is InChI=1S/C17H19BrN2OS/c1-19-14-3-2-10-20(11-14)17(21)16-9-8-15(22-16)12-4-6-13(18)7-5-12/h4-9,14,19H,2-3,10-11H2,1H3. The highest BCUT2D eigenvalue weighted by Crippen LogP contribution is 2.30. The number of hydrogen-bond acceptors (Lipinski definition) is 3. The second-order valence-electron chi connectivity index (χ2n) is 5.55. The highest BCUT2D eigenvalue weighted by Gasteiger charge is 2.24. The molecule has 0 saturated carbocycles. The lowest BCUT2D eigenvalue weighted by Crippen LogP contribution is -2.46. The third-order valence-corrected chi connectivity index (χ3v) is 5.71. The third-order valence-electron chi connectivity index (χ3n) is 4.06. The smallest absolute Gasteiger partial charge is 0.263 e. The van der Waals surface area contributed by atoms with Gasteiger partial charge in [-0.05, 0) is 49.7 Å². The predicted molar refractivity (Wildman–Crippen MR) is 95.4 cm³/mol. The molecular formula is C17H19BrN2OS. The van der Waals surface area contributed by atoms with Crippen molar-refractivity contribution in [2.24, 2.45) is 0 Å². The van der Waals surface area contributed by atoms with E-state index in [1.807, 2.05) is 36.2 Å². The van der Waals surface area contributed by atoms with Crippen molar-refractivity contribution in [3.05, 3.63) is 45.7 Å². The molecule has 116 valence electrons. The van der Waals surface area contributed by atoms with Crippen molar-refractivity contribution < 1.29 is 4.79 Å². The first-order chi connectivity index (χ1) is 10.7. The number of benzene rings is 1. The lowest BCUT2D eigenvalue weighted by Gasteiger charge is -2.32. The molecule has 2 heterocycles. The van der Waals surface area contributed by atoms with Crippen LogP contribution in [0, 0.1) is 0 Å². The monoisotopic (exact) mass is 378 g/mol. The van der Waals surface area contributed by atoms with Gasteiger partial charge in [0.25, 0.3) is 5.91 Å². The Morgan fingerprint density at radius 1 is 1.27 bits per heavy atom. The number of likely N-dealkylation sites (tertiary alicyclic amines) is 1. The highest BCUT2D eigenvalue weighted by molar-refractivity contribution is 9.10. The van der Waals surface area contributed by atoms with E-state index in [9.17, 15) is 4.79 Å². The summed E-state index contributed by atoms with van der Waals surface area (Å²) in [5.41, 5.74) is 1.15. The van der Waals surface area contributed by atoms with Crippen LogP contribution in [0.25, 0.3) is 10.4 Å². The number of thiophene rings is 1. The molecular weight excluding hydrogens is 360 g/mol. The van der Waals surface area contributed by atoms with Gasteiger partial charge < -0.3 is 10.2 Å². The fraction of sp³-hybridized carbons (Fsp3) is 0.353. The molecule has 1 aromatic heterocycles. The average molecular weight is 379 g/mol. The topological polar surface area (TPSA) is 32.3 Å². The second-order valence-corrected chi connectivity index (χ2v) is 7.55. The van der Waals surface area contributed by atoms with Gasteiger partial charge in [-0.3, -0.25) is 4.79 Å². The van der Waals surface area contributed by atoms with Crippen LogP contribution in [0.15, 0.2) is 40.9 Å². The Kier molecular flexibility index (Phi) is 4.96. The summed E-state index contributed by atoms with van der Waals surface area (Å²) in [5.74, 6) is 0.160. The van der Waals surface area contributed by atoms with Crippen molar-refractivity contribution in [3.8, 4) is 10.4 Å². The number of halogens is 1. The number of piperidine rings is 1. The Hall–Kier alpha value is -1.17. The molecule has 1 unspecified atom stereocenters. The summed E-state index contributed by atoms with van der Waals surface area (Å²) in [4.78, 5) is 16.6. The number of rotatable bonds is 3. The fourth-order valence-corrected chi connectivity index (χ4v) is 4.02. The average Bonchev–Trinajstić information content (AvgIpc) is 3.05. The maximum Gasteiger partial charge on any atom is 0.263 e. The van der Waals surface area contributed by atoms with Crippen LogP contribution in [0.2, 0.25) is 0 Å². The van der Waals surface area contributed by atoms with E-state index in [0.29, 0.717) is 6.04 Å². The molecule has 5 heteroatoms. The summed E-state index contributed by atoms with van der Waals surface area (Å²) < 4.78 is 1.07. The minimum Gasteiger partial charge on any atom is -0.336 e. The molecule has 1 aliphatic rings. The van der Waals surface area contributed by atoms with Crippen LogP contribution >= 0.6 is 27.3 Å². The lowest BCUT2D eigenvalue weighted by molar-refractivity contribution is 0.0703. The highest BCUT2D eigenvalue weighted by atomic mass is 79.9. The number of hydrogen-bond donors (Lipinski definition) is 1. The quantitative estimate of drug-likeness (QED) is 0.874.